The number of hydrogen-bond acceptors (Lipinski definition) is 3. The highest BCUT2D eigenvalue weighted by Gasteiger charge is 2.47. The van der Waals surface area contributed by atoms with Crippen molar-refractivity contribution in [3.05, 3.63) is 0 Å². The molecule has 1 fully saturated rings. The Labute approximate surface area is 94.4 Å². The quantitative estimate of drug-likeness (QED) is 0.715. The molecule has 0 aliphatic carbocycles. The number of carboxylic acids is 1. The van der Waals surface area contributed by atoms with Crippen LogP contribution < -0.4 is 0 Å². The lowest BCUT2D eigenvalue weighted by Gasteiger charge is -2.41. The van der Waals surface area contributed by atoms with E-state index in [0.29, 0.717) is 0 Å². The number of carboxylic acid groups (broad SMARTS) is 1. The van der Waals surface area contributed by atoms with Gasteiger partial charge in [0.05, 0.1) is 0 Å². The molecule has 0 bridgehead atoms. The summed E-state index contributed by atoms with van der Waals surface area (Å²) < 4.78 is 0. The predicted octanol–water partition coefficient (Wildman–Crippen LogP) is 1.02. The first-order valence-electron chi connectivity index (χ1n) is 5.17. The third-order valence-electron chi connectivity index (χ3n) is 2.84. The molecule has 1 aliphatic rings. The molecule has 0 radical (unpaired) electrons. The molecule has 0 aromatic carbocycles. The second-order valence-electron chi connectivity index (χ2n) is 5.50. The molecule has 1 aliphatic heterocycles. The van der Waals surface area contributed by atoms with Gasteiger partial charge in [-0.1, -0.05) is 13.8 Å². The Bertz CT molecular complexity index is 337. The maximum Gasteiger partial charge on any atom is 0.329 e. The van der Waals surface area contributed by atoms with E-state index in [0.717, 1.165) is 4.90 Å². The fraction of sp³-hybridized carbons (Fsp3) is 0.727. The molecule has 90 valence electrons. The van der Waals surface area contributed by atoms with E-state index in [4.69, 9.17) is 5.11 Å². The third-order valence-corrected chi connectivity index (χ3v) is 2.84. The van der Waals surface area contributed by atoms with Crippen molar-refractivity contribution in [3.63, 3.8) is 0 Å². The lowest BCUT2D eigenvalue weighted by Crippen LogP contribution is -2.59. The molecule has 0 spiro atoms. The molecule has 1 saturated heterocycles. The minimum absolute atomic E-state index is 0.204. The van der Waals surface area contributed by atoms with E-state index in [1.54, 1.807) is 0 Å². The lowest BCUT2D eigenvalue weighted by molar-refractivity contribution is -0.169. The van der Waals surface area contributed by atoms with Crippen LogP contribution >= 0.6 is 0 Å². The Morgan fingerprint density at radius 1 is 1.25 bits per heavy atom. The van der Waals surface area contributed by atoms with Crippen molar-refractivity contribution in [2.24, 2.45) is 5.41 Å². The standard InChI is InChI=1S/C11H17NO4/c1-10(2)5-7(13)12(8(14)6-10)11(3,4)9(15)16/h5-6H2,1-4H3,(H,15,16). The number of aliphatic carboxylic acids is 1. The summed E-state index contributed by atoms with van der Waals surface area (Å²) >= 11 is 0. The van der Waals surface area contributed by atoms with Crippen molar-refractivity contribution in [3.8, 4) is 0 Å². The second kappa shape index (κ2) is 3.57. The van der Waals surface area contributed by atoms with Crippen LogP contribution in [0.25, 0.3) is 0 Å². The summed E-state index contributed by atoms with van der Waals surface area (Å²) in [5.74, 6) is -1.99. The number of hydrogen-bond donors (Lipinski definition) is 1. The van der Waals surface area contributed by atoms with Gasteiger partial charge in [-0.2, -0.15) is 0 Å². The van der Waals surface area contributed by atoms with Crippen molar-refractivity contribution in [1.29, 1.82) is 0 Å². The SMILES string of the molecule is CC1(C)CC(=O)N(C(C)(C)C(=O)O)C(=O)C1. The van der Waals surface area contributed by atoms with Gasteiger partial charge in [0.1, 0.15) is 5.54 Å². The number of rotatable bonds is 2. The Kier molecular flexibility index (Phi) is 2.83. The fourth-order valence-corrected chi connectivity index (χ4v) is 1.90. The first-order chi connectivity index (χ1) is 7.08. The number of piperidine rings is 1. The van der Waals surface area contributed by atoms with Crippen LogP contribution in [0.15, 0.2) is 0 Å². The molecular formula is C11H17NO4. The number of imide groups is 1. The summed E-state index contributed by atoms with van der Waals surface area (Å²) in [6.45, 7) is 6.38. The summed E-state index contributed by atoms with van der Waals surface area (Å²) in [4.78, 5) is 35.5. The summed E-state index contributed by atoms with van der Waals surface area (Å²) in [5, 5.41) is 9.01. The highest BCUT2D eigenvalue weighted by Crippen LogP contribution is 2.34. The molecule has 1 heterocycles. The van der Waals surface area contributed by atoms with E-state index in [2.05, 4.69) is 0 Å². The van der Waals surface area contributed by atoms with Crippen molar-refractivity contribution in [1.82, 2.24) is 4.90 Å². The van der Waals surface area contributed by atoms with Crippen molar-refractivity contribution in [2.75, 3.05) is 0 Å². The topological polar surface area (TPSA) is 74.7 Å². The number of carbonyl (C=O) groups excluding carboxylic acids is 2. The Morgan fingerprint density at radius 3 is 1.94 bits per heavy atom. The molecule has 5 nitrogen and oxygen atoms in total. The minimum atomic E-state index is -1.47. The minimum Gasteiger partial charge on any atom is -0.480 e. The van der Waals surface area contributed by atoms with Crippen LogP contribution in [0.3, 0.4) is 0 Å². The van der Waals surface area contributed by atoms with Gasteiger partial charge in [-0.05, 0) is 19.3 Å². The Balaban J connectivity index is 3.04. The highest BCUT2D eigenvalue weighted by atomic mass is 16.4. The number of nitrogens with zero attached hydrogens (tertiary/aromatic N) is 1. The number of amides is 2. The number of carbonyl (C=O) groups is 3. The van der Waals surface area contributed by atoms with Gasteiger partial charge < -0.3 is 5.11 Å². The summed E-state index contributed by atoms with van der Waals surface area (Å²) in [5.41, 5.74) is -1.84. The highest BCUT2D eigenvalue weighted by molar-refractivity contribution is 6.03. The average molecular weight is 227 g/mol. The molecule has 0 aromatic heterocycles. The third kappa shape index (κ3) is 2.08. The van der Waals surface area contributed by atoms with Gasteiger partial charge in [0.25, 0.3) is 0 Å². The van der Waals surface area contributed by atoms with Gasteiger partial charge >= 0.3 is 5.97 Å². The van der Waals surface area contributed by atoms with E-state index in [-0.39, 0.29) is 18.3 Å². The van der Waals surface area contributed by atoms with E-state index in [1.165, 1.54) is 13.8 Å². The summed E-state index contributed by atoms with van der Waals surface area (Å²) in [7, 11) is 0. The van der Waals surface area contributed by atoms with Gasteiger partial charge in [-0.3, -0.25) is 14.5 Å². The predicted molar refractivity (Wildman–Crippen MR) is 56.6 cm³/mol. The van der Waals surface area contributed by atoms with E-state index < -0.39 is 23.3 Å². The van der Waals surface area contributed by atoms with Crippen LogP contribution in [-0.2, 0) is 14.4 Å². The lowest BCUT2D eigenvalue weighted by atomic mass is 9.80. The molecule has 1 N–H and O–H groups in total. The van der Waals surface area contributed by atoms with Crippen molar-refractivity contribution in [2.45, 2.75) is 46.1 Å². The molecule has 2 amide bonds. The van der Waals surface area contributed by atoms with Gasteiger partial charge in [-0.25, -0.2) is 4.79 Å². The second-order valence-corrected chi connectivity index (χ2v) is 5.50. The molecule has 1 rings (SSSR count). The van der Waals surface area contributed by atoms with Crippen LogP contribution in [0, 0.1) is 5.41 Å². The number of likely N-dealkylation sites (tertiary alicyclic amines) is 1. The first kappa shape index (κ1) is 12.7. The maximum absolute atomic E-state index is 11.8. The van der Waals surface area contributed by atoms with E-state index in [9.17, 15) is 14.4 Å². The van der Waals surface area contributed by atoms with Crippen LogP contribution in [0.4, 0.5) is 0 Å². The van der Waals surface area contributed by atoms with Gasteiger partial charge in [0.2, 0.25) is 11.8 Å². The van der Waals surface area contributed by atoms with Crippen LogP contribution in [0.2, 0.25) is 0 Å². The Hall–Kier alpha value is -1.39. The van der Waals surface area contributed by atoms with Gasteiger partial charge in [0.15, 0.2) is 0 Å². The van der Waals surface area contributed by atoms with E-state index >= 15 is 0 Å². The zero-order valence-corrected chi connectivity index (χ0v) is 10.0. The molecule has 0 saturated carbocycles. The molecule has 0 unspecified atom stereocenters. The van der Waals surface area contributed by atoms with Gasteiger partial charge in [-0.15, -0.1) is 0 Å². The van der Waals surface area contributed by atoms with Crippen molar-refractivity contribution < 1.29 is 19.5 Å². The Morgan fingerprint density at radius 2 is 1.62 bits per heavy atom. The van der Waals surface area contributed by atoms with Crippen LogP contribution in [0.1, 0.15) is 40.5 Å². The summed E-state index contributed by atoms with van der Waals surface area (Å²) in [6, 6.07) is 0. The fourth-order valence-electron chi connectivity index (χ4n) is 1.90. The first-order valence-corrected chi connectivity index (χ1v) is 5.17. The van der Waals surface area contributed by atoms with E-state index in [1.807, 2.05) is 13.8 Å². The van der Waals surface area contributed by atoms with Crippen molar-refractivity contribution >= 4 is 17.8 Å². The van der Waals surface area contributed by atoms with Crippen LogP contribution in [-0.4, -0.2) is 33.3 Å². The average Bonchev–Trinajstić information content (AvgIpc) is 1.97. The molecule has 16 heavy (non-hydrogen) atoms. The summed E-state index contributed by atoms with van der Waals surface area (Å²) in [6.07, 6.45) is 0.408. The smallest absolute Gasteiger partial charge is 0.329 e. The maximum atomic E-state index is 11.8. The normalized spacial score (nSPS) is 21.1. The molecular weight excluding hydrogens is 210 g/mol. The molecule has 0 atom stereocenters. The largest absolute Gasteiger partial charge is 0.480 e. The zero-order valence-electron chi connectivity index (χ0n) is 10.0. The zero-order chi connectivity index (χ0) is 12.7. The van der Waals surface area contributed by atoms with Crippen LogP contribution in [0.5, 0.6) is 0 Å². The molecule has 0 aromatic rings. The van der Waals surface area contributed by atoms with Gasteiger partial charge in [0, 0.05) is 12.8 Å². The monoisotopic (exact) mass is 227 g/mol. The molecule has 5 heteroatoms.